The zero-order valence-corrected chi connectivity index (χ0v) is 16.2. The number of ether oxygens (including phenoxy) is 2. The molecule has 2 N–H and O–H groups in total. The molecule has 2 rings (SSSR count). The van der Waals surface area contributed by atoms with Crippen LogP contribution in [0.3, 0.4) is 0 Å². The van der Waals surface area contributed by atoms with E-state index in [1.165, 1.54) is 0 Å². The first-order valence-corrected chi connectivity index (χ1v) is 9.17. The van der Waals surface area contributed by atoms with Gasteiger partial charge in [0.1, 0.15) is 11.5 Å². The number of hydrogen-bond donors (Lipinski definition) is 2. The first-order valence-electron chi connectivity index (χ1n) is 9.17. The van der Waals surface area contributed by atoms with Gasteiger partial charge in [-0.05, 0) is 42.9 Å². The Labute approximate surface area is 160 Å². The zero-order valence-electron chi connectivity index (χ0n) is 16.2. The average molecular weight is 372 g/mol. The highest BCUT2D eigenvalue weighted by atomic mass is 16.5. The molecule has 0 atom stereocenters. The molecule has 0 aliphatic rings. The van der Waals surface area contributed by atoms with E-state index < -0.39 is 6.09 Å². The number of phenols is 1. The van der Waals surface area contributed by atoms with Crippen LogP contribution in [0, 0.1) is 0 Å². The van der Waals surface area contributed by atoms with Crippen molar-refractivity contribution in [3.05, 3.63) is 53.6 Å². The number of carbonyl (C=O) groups is 1. The summed E-state index contributed by atoms with van der Waals surface area (Å²) in [5, 5.41) is 12.8. The van der Waals surface area contributed by atoms with E-state index in [1.54, 1.807) is 25.3 Å². The maximum Gasteiger partial charge on any atom is 0.411 e. The molecule has 0 bridgehead atoms. The van der Waals surface area contributed by atoms with Gasteiger partial charge in [0.05, 0.1) is 13.7 Å². The van der Waals surface area contributed by atoms with E-state index >= 15 is 0 Å². The van der Waals surface area contributed by atoms with Gasteiger partial charge in [-0.1, -0.05) is 32.0 Å². The van der Waals surface area contributed by atoms with Gasteiger partial charge in [0.25, 0.3) is 0 Å². The Morgan fingerprint density at radius 3 is 2.56 bits per heavy atom. The van der Waals surface area contributed by atoms with Crippen molar-refractivity contribution in [2.45, 2.75) is 26.8 Å². The maximum atomic E-state index is 12.1. The normalized spacial score (nSPS) is 10.7. The predicted octanol–water partition coefficient (Wildman–Crippen LogP) is 4.03. The third-order valence-corrected chi connectivity index (χ3v) is 4.41. The summed E-state index contributed by atoms with van der Waals surface area (Å²) in [4.78, 5) is 14.2. The minimum Gasteiger partial charge on any atom is -0.508 e. The lowest BCUT2D eigenvalue weighted by molar-refractivity contribution is 0.162. The van der Waals surface area contributed by atoms with Crippen molar-refractivity contribution in [3.63, 3.8) is 0 Å². The largest absolute Gasteiger partial charge is 0.508 e. The number of nitrogens with zero attached hydrogens (tertiary/aromatic N) is 1. The van der Waals surface area contributed by atoms with E-state index in [-0.39, 0.29) is 12.4 Å². The average Bonchev–Trinajstić information content (AvgIpc) is 2.68. The van der Waals surface area contributed by atoms with Crippen molar-refractivity contribution in [1.82, 2.24) is 4.90 Å². The smallest absolute Gasteiger partial charge is 0.411 e. The topological polar surface area (TPSA) is 71.0 Å². The molecule has 2 aromatic carbocycles. The number of phenolic OH excluding ortho intramolecular Hbond substituents is 1. The third kappa shape index (κ3) is 6.18. The standard InChI is InChI=1S/C21H28N2O4/c1-4-23(5-2)15-17-14-18(10-11-19(17)24)22-21(25)27-13-12-16-8-6-7-9-20(16)26-3/h6-11,14,24H,4-5,12-13,15H2,1-3H3,(H,22,25). The molecule has 0 saturated carbocycles. The van der Waals surface area contributed by atoms with Gasteiger partial charge >= 0.3 is 6.09 Å². The zero-order chi connectivity index (χ0) is 19.6. The molecule has 6 heteroatoms. The second kappa shape index (κ2) is 10.4. The molecule has 2 aromatic rings. The van der Waals surface area contributed by atoms with Crippen LogP contribution in [-0.4, -0.2) is 42.9 Å². The van der Waals surface area contributed by atoms with Gasteiger partial charge in [-0.15, -0.1) is 0 Å². The Morgan fingerprint density at radius 2 is 1.85 bits per heavy atom. The number of nitrogens with one attached hydrogen (secondary N) is 1. The van der Waals surface area contributed by atoms with E-state index in [0.29, 0.717) is 18.7 Å². The molecule has 0 radical (unpaired) electrons. The number of rotatable bonds is 9. The van der Waals surface area contributed by atoms with Crippen molar-refractivity contribution in [2.24, 2.45) is 0 Å². The monoisotopic (exact) mass is 372 g/mol. The molecule has 0 saturated heterocycles. The van der Waals surface area contributed by atoms with Crippen LogP contribution in [0.5, 0.6) is 11.5 Å². The molecule has 0 aliphatic heterocycles. The molecule has 0 fully saturated rings. The van der Waals surface area contributed by atoms with E-state index in [0.717, 1.165) is 30.0 Å². The van der Waals surface area contributed by atoms with Gasteiger partial charge in [-0.3, -0.25) is 10.2 Å². The summed E-state index contributed by atoms with van der Waals surface area (Å²) in [7, 11) is 1.62. The minimum absolute atomic E-state index is 0.219. The van der Waals surface area contributed by atoms with Crippen LogP contribution >= 0.6 is 0 Å². The predicted molar refractivity (Wildman–Crippen MR) is 106 cm³/mol. The van der Waals surface area contributed by atoms with Crippen LogP contribution in [0.1, 0.15) is 25.0 Å². The van der Waals surface area contributed by atoms with Crippen molar-refractivity contribution in [1.29, 1.82) is 0 Å². The summed E-state index contributed by atoms with van der Waals surface area (Å²) in [5.74, 6) is 0.998. The molecule has 0 unspecified atom stereocenters. The Kier molecular flexibility index (Phi) is 7.95. The van der Waals surface area contributed by atoms with E-state index in [2.05, 4.69) is 24.1 Å². The highest BCUT2D eigenvalue weighted by Crippen LogP contribution is 2.23. The number of anilines is 1. The molecule has 27 heavy (non-hydrogen) atoms. The SMILES string of the molecule is CCN(CC)Cc1cc(NC(=O)OCCc2ccccc2OC)ccc1O. The lowest BCUT2D eigenvalue weighted by Gasteiger charge is -2.19. The summed E-state index contributed by atoms with van der Waals surface area (Å²) in [5.41, 5.74) is 2.35. The van der Waals surface area contributed by atoms with Gasteiger partial charge in [-0.25, -0.2) is 4.79 Å². The number of hydrogen-bond acceptors (Lipinski definition) is 5. The summed E-state index contributed by atoms with van der Waals surface area (Å²) in [6, 6.07) is 12.7. The maximum absolute atomic E-state index is 12.1. The van der Waals surface area contributed by atoms with Crippen LogP contribution in [0.25, 0.3) is 0 Å². The van der Waals surface area contributed by atoms with Gasteiger partial charge in [0, 0.05) is 24.2 Å². The number of para-hydroxylation sites is 1. The third-order valence-electron chi connectivity index (χ3n) is 4.41. The van der Waals surface area contributed by atoms with Crippen LogP contribution in [0.4, 0.5) is 10.5 Å². The van der Waals surface area contributed by atoms with Crippen molar-refractivity contribution in [2.75, 3.05) is 32.1 Å². The lowest BCUT2D eigenvalue weighted by atomic mass is 10.1. The number of carbonyl (C=O) groups excluding carboxylic acids is 1. The fourth-order valence-electron chi connectivity index (χ4n) is 2.80. The van der Waals surface area contributed by atoms with Crippen LogP contribution in [0.15, 0.2) is 42.5 Å². The fraction of sp³-hybridized carbons (Fsp3) is 0.381. The Bertz CT molecular complexity index is 745. The Hall–Kier alpha value is -2.73. The summed E-state index contributed by atoms with van der Waals surface area (Å²) >= 11 is 0. The van der Waals surface area contributed by atoms with Crippen LogP contribution in [-0.2, 0) is 17.7 Å². The Balaban J connectivity index is 1.90. The number of benzene rings is 2. The molecule has 0 spiro atoms. The highest BCUT2D eigenvalue weighted by molar-refractivity contribution is 5.84. The quantitative estimate of drug-likeness (QED) is 0.650. The van der Waals surface area contributed by atoms with E-state index in [1.807, 2.05) is 24.3 Å². The number of methoxy groups -OCH3 is 1. The van der Waals surface area contributed by atoms with Crippen LogP contribution in [0.2, 0.25) is 0 Å². The first-order chi connectivity index (χ1) is 13.1. The molecular formula is C21H28N2O4. The fourth-order valence-corrected chi connectivity index (χ4v) is 2.80. The van der Waals surface area contributed by atoms with Crippen LogP contribution < -0.4 is 10.1 Å². The molecule has 1 amide bonds. The van der Waals surface area contributed by atoms with Gasteiger partial charge in [0.15, 0.2) is 0 Å². The number of aromatic hydroxyl groups is 1. The van der Waals surface area contributed by atoms with E-state index in [9.17, 15) is 9.90 Å². The van der Waals surface area contributed by atoms with Crippen molar-refractivity contribution in [3.8, 4) is 11.5 Å². The number of amides is 1. The second-order valence-corrected chi connectivity index (χ2v) is 6.13. The molecule has 0 aromatic heterocycles. The molecular weight excluding hydrogens is 344 g/mol. The lowest BCUT2D eigenvalue weighted by Crippen LogP contribution is -2.22. The van der Waals surface area contributed by atoms with Gasteiger partial charge in [-0.2, -0.15) is 0 Å². The summed E-state index contributed by atoms with van der Waals surface area (Å²) in [6.45, 7) is 6.79. The molecule has 6 nitrogen and oxygen atoms in total. The molecule has 146 valence electrons. The van der Waals surface area contributed by atoms with Gasteiger partial charge < -0.3 is 14.6 Å². The van der Waals surface area contributed by atoms with Crippen molar-refractivity contribution >= 4 is 11.8 Å². The summed E-state index contributed by atoms with van der Waals surface area (Å²) < 4.78 is 10.6. The summed E-state index contributed by atoms with van der Waals surface area (Å²) in [6.07, 6.45) is 0.0459. The van der Waals surface area contributed by atoms with E-state index in [4.69, 9.17) is 9.47 Å². The molecule has 0 heterocycles. The minimum atomic E-state index is -0.524. The first kappa shape index (κ1) is 20.6. The second-order valence-electron chi connectivity index (χ2n) is 6.13. The highest BCUT2D eigenvalue weighted by Gasteiger charge is 2.10. The van der Waals surface area contributed by atoms with Crippen molar-refractivity contribution < 1.29 is 19.4 Å². The Morgan fingerprint density at radius 1 is 1.11 bits per heavy atom. The van der Waals surface area contributed by atoms with Gasteiger partial charge in [0.2, 0.25) is 0 Å². The molecule has 0 aliphatic carbocycles.